The van der Waals surface area contributed by atoms with E-state index < -0.39 is 0 Å². The molecule has 1 aromatic carbocycles. The zero-order valence-electron chi connectivity index (χ0n) is 17.5. The van der Waals surface area contributed by atoms with Crippen LogP contribution in [0.25, 0.3) is 0 Å². The number of guanidine groups is 1. The van der Waals surface area contributed by atoms with Crippen LogP contribution in [-0.4, -0.2) is 61.9 Å². The molecule has 0 aromatic heterocycles. The number of carbonyl (C=O) groups is 2. The largest absolute Gasteiger partial charge is 0.357 e. The molecule has 0 saturated carbocycles. The van der Waals surface area contributed by atoms with E-state index in [1.807, 2.05) is 34.9 Å². The Morgan fingerprint density at radius 1 is 1.14 bits per heavy atom. The number of hydrogen-bond donors (Lipinski definition) is 2. The van der Waals surface area contributed by atoms with Crippen molar-refractivity contribution in [2.75, 3.05) is 44.2 Å². The second-order valence-electron chi connectivity index (χ2n) is 7.55. The van der Waals surface area contributed by atoms with Crippen molar-refractivity contribution in [3.05, 3.63) is 29.8 Å². The molecule has 3 rings (SSSR count). The summed E-state index contributed by atoms with van der Waals surface area (Å²) in [5, 5.41) is 6.55. The Morgan fingerprint density at radius 3 is 2.79 bits per heavy atom. The minimum Gasteiger partial charge on any atom is -0.357 e. The van der Waals surface area contributed by atoms with Crippen LogP contribution in [0.5, 0.6) is 0 Å². The molecule has 29 heavy (non-hydrogen) atoms. The molecule has 158 valence electrons. The van der Waals surface area contributed by atoms with E-state index >= 15 is 0 Å². The number of para-hydroxylation sites is 1. The van der Waals surface area contributed by atoms with Crippen molar-refractivity contribution in [1.29, 1.82) is 0 Å². The van der Waals surface area contributed by atoms with Crippen molar-refractivity contribution in [2.24, 2.45) is 4.99 Å². The number of nitrogens with one attached hydrogen (secondary N) is 2. The zero-order chi connectivity index (χ0) is 20.5. The molecule has 2 aliphatic rings. The van der Waals surface area contributed by atoms with E-state index in [1.54, 1.807) is 0 Å². The average molecular weight is 400 g/mol. The van der Waals surface area contributed by atoms with Gasteiger partial charge in [-0.2, -0.15) is 0 Å². The van der Waals surface area contributed by atoms with Gasteiger partial charge in [0.2, 0.25) is 11.8 Å². The highest BCUT2D eigenvalue weighted by Crippen LogP contribution is 2.27. The van der Waals surface area contributed by atoms with Crippen LogP contribution >= 0.6 is 0 Å². The number of rotatable bonds is 9. The lowest BCUT2D eigenvalue weighted by Gasteiger charge is -2.18. The molecule has 2 aliphatic heterocycles. The Bertz CT molecular complexity index is 734. The predicted molar refractivity (Wildman–Crippen MR) is 116 cm³/mol. The SMILES string of the molecule is CCNC(=NCCCN1CCCC1=O)NCCCC(=O)N1CCc2ccccc21. The van der Waals surface area contributed by atoms with E-state index in [4.69, 9.17) is 0 Å². The van der Waals surface area contributed by atoms with Crippen molar-refractivity contribution in [2.45, 2.75) is 45.4 Å². The molecule has 2 heterocycles. The first-order valence-corrected chi connectivity index (χ1v) is 10.9. The molecule has 0 radical (unpaired) electrons. The van der Waals surface area contributed by atoms with Gasteiger partial charge in [0, 0.05) is 57.8 Å². The molecule has 2 amide bonds. The van der Waals surface area contributed by atoms with Crippen molar-refractivity contribution < 1.29 is 9.59 Å². The number of amides is 2. The maximum Gasteiger partial charge on any atom is 0.227 e. The quantitative estimate of drug-likeness (QED) is 0.378. The molecular weight excluding hydrogens is 366 g/mol. The highest BCUT2D eigenvalue weighted by atomic mass is 16.2. The van der Waals surface area contributed by atoms with Crippen molar-refractivity contribution in [1.82, 2.24) is 15.5 Å². The maximum atomic E-state index is 12.6. The van der Waals surface area contributed by atoms with Crippen molar-refractivity contribution in [3.63, 3.8) is 0 Å². The lowest BCUT2D eigenvalue weighted by Crippen LogP contribution is -2.38. The Labute approximate surface area is 173 Å². The molecule has 0 bridgehead atoms. The number of likely N-dealkylation sites (tertiary alicyclic amines) is 1. The van der Waals surface area contributed by atoms with Gasteiger partial charge >= 0.3 is 0 Å². The highest BCUT2D eigenvalue weighted by Gasteiger charge is 2.23. The first kappa shape index (κ1) is 21.1. The van der Waals surface area contributed by atoms with E-state index in [2.05, 4.69) is 21.7 Å². The van der Waals surface area contributed by atoms with Crippen LogP contribution in [0.2, 0.25) is 0 Å². The lowest BCUT2D eigenvalue weighted by atomic mass is 10.2. The van der Waals surface area contributed by atoms with E-state index in [0.29, 0.717) is 25.9 Å². The van der Waals surface area contributed by atoms with Gasteiger partial charge in [-0.15, -0.1) is 0 Å². The maximum absolute atomic E-state index is 12.6. The first-order valence-electron chi connectivity index (χ1n) is 10.9. The fourth-order valence-corrected chi connectivity index (χ4v) is 3.91. The molecule has 1 saturated heterocycles. The Morgan fingerprint density at radius 2 is 2.00 bits per heavy atom. The Kier molecular flexibility index (Phi) is 7.90. The van der Waals surface area contributed by atoms with Gasteiger partial charge in [0.05, 0.1) is 0 Å². The lowest BCUT2D eigenvalue weighted by molar-refractivity contribution is -0.127. The first-order chi connectivity index (χ1) is 14.2. The third-order valence-electron chi connectivity index (χ3n) is 5.42. The summed E-state index contributed by atoms with van der Waals surface area (Å²) in [6.45, 7) is 6.67. The molecule has 2 N–H and O–H groups in total. The number of anilines is 1. The van der Waals surface area contributed by atoms with Crippen LogP contribution < -0.4 is 15.5 Å². The average Bonchev–Trinajstić information content (AvgIpc) is 3.34. The predicted octanol–water partition coefficient (Wildman–Crippen LogP) is 1.92. The van der Waals surface area contributed by atoms with Gasteiger partial charge in [-0.3, -0.25) is 14.6 Å². The standard InChI is InChI=1S/C22H33N5O2/c1-2-23-22(25-14-7-16-26-15-6-11-20(26)28)24-13-5-10-21(29)27-17-12-18-8-3-4-9-19(18)27/h3-4,8-9H,2,5-7,10-17H2,1H3,(H2,23,24,25). The summed E-state index contributed by atoms with van der Waals surface area (Å²) in [7, 11) is 0. The van der Waals surface area contributed by atoms with Crippen molar-refractivity contribution in [3.8, 4) is 0 Å². The molecule has 7 nitrogen and oxygen atoms in total. The number of carbonyl (C=O) groups excluding carboxylic acids is 2. The van der Waals surface area contributed by atoms with Gasteiger partial charge in [-0.1, -0.05) is 18.2 Å². The molecule has 0 atom stereocenters. The van der Waals surface area contributed by atoms with Crippen LogP contribution in [-0.2, 0) is 16.0 Å². The van der Waals surface area contributed by atoms with Gasteiger partial charge in [0.25, 0.3) is 0 Å². The van der Waals surface area contributed by atoms with E-state index in [-0.39, 0.29) is 11.8 Å². The third kappa shape index (κ3) is 5.95. The van der Waals surface area contributed by atoms with Gasteiger partial charge in [0.15, 0.2) is 5.96 Å². The molecule has 7 heteroatoms. The number of hydrogen-bond acceptors (Lipinski definition) is 3. The Balaban J connectivity index is 1.35. The van der Waals surface area contributed by atoms with Crippen LogP contribution in [0.1, 0.15) is 44.6 Å². The summed E-state index contributed by atoms with van der Waals surface area (Å²) in [5.74, 6) is 1.23. The monoisotopic (exact) mass is 399 g/mol. The molecule has 1 aromatic rings. The normalized spacial score (nSPS) is 16.3. The van der Waals surface area contributed by atoms with Gasteiger partial charge in [0.1, 0.15) is 0 Å². The molecule has 0 unspecified atom stereocenters. The van der Waals surface area contributed by atoms with Crippen molar-refractivity contribution >= 4 is 23.5 Å². The zero-order valence-corrected chi connectivity index (χ0v) is 17.5. The fraction of sp³-hybridized carbons (Fsp3) is 0.591. The summed E-state index contributed by atoms with van der Waals surface area (Å²) in [6.07, 6.45) is 4.78. The highest BCUT2D eigenvalue weighted by molar-refractivity contribution is 5.95. The Hall–Kier alpha value is -2.57. The molecular formula is C22H33N5O2. The molecule has 0 spiro atoms. The smallest absolute Gasteiger partial charge is 0.227 e. The van der Waals surface area contributed by atoms with E-state index in [1.165, 1.54) is 5.56 Å². The van der Waals surface area contributed by atoms with E-state index in [0.717, 1.165) is 63.5 Å². The van der Waals surface area contributed by atoms with E-state index in [9.17, 15) is 9.59 Å². The summed E-state index contributed by atoms with van der Waals surface area (Å²) in [4.78, 5) is 32.6. The van der Waals surface area contributed by atoms with Gasteiger partial charge in [-0.25, -0.2) is 0 Å². The van der Waals surface area contributed by atoms with Crippen LogP contribution in [0, 0.1) is 0 Å². The minimum absolute atomic E-state index is 0.189. The van der Waals surface area contributed by atoms with Gasteiger partial charge < -0.3 is 20.4 Å². The van der Waals surface area contributed by atoms with Crippen LogP contribution in [0.15, 0.2) is 29.3 Å². The number of benzene rings is 1. The number of fused-ring (bicyclic) bond motifs is 1. The molecule has 1 fully saturated rings. The van der Waals surface area contributed by atoms with Crippen LogP contribution in [0.3, 0.4) is 0 Å². The van der Waals surface area contributed by atoms with Gasteiger partial charge in [-0.05, 0) is 44.2 Å². The second-order valence-corrected chi connectivity index (χ2v) is 7.55. The fourth-order valence-electron chi connectivity index (χ4n) is 3.91. The second kappa shape index (κ2) is 10.8. The number of nitrogens with zero attached hydrogens (tertiary/aromatic N) is 3. The summed E-state index contributed by atoms with van der Waals surface area (Å²) in [6, 6.07) is 8.15. The summed E-state index contributed by atoms with van der Waals surface area (Å²) < 4.78 is 0. The third-order valence-corrected chi connectivity index (χ3v) is 5.42. The minimum atomic E-state index is 0.189. The molecule has 0 aliphatic carbocycles. The number of aliphatic imine (C=N–C) groups is 1. The topological polar surface area (TPSA) is 77.0 Å². The van der Waals surface area contributed by atoms with Crippen LogP contribution in [0.4, 0.5) is 5.69 Å². The summed E-state index contributed by atoms with van der Waals surface area (Å²) in [5.41, 5.74) is 2.33. The summed E-state index contributed by atoms with van der Waals surface area (Å²) >= 11 is 0.